The standard InChI is InChI=1S/C21H19F2N3O/c1-3-14-7-4-6-13(2)19(14)25-16-10-15(11-24-12-16)21(27)26-20-17(22)8-5-9-18(20)23/h4-12,25H,3H2,1-2H3,(H,26,27). The average Bonchev–Trinajstić information content (AvgIpc) is 2.66. The van der Waals surface area contributed by atoms with E-state index in [4.69, 9.17) is 0 Å². The molecule has 0 bridgehead atoms. The Bertz CT molecular complexity index is 969. The van der Waals surface area contributed by atoms with E-state index in [1.54, 1.807) is 12.3 Å². The van der Waals surface area contributed by atoms with Crippen molar-refractivity contribution in [3.63, 3.8) is 0 Å². The first-order valence-electron chi connectivity index (χ1n) is 8.55. The van der Waals surface area contributed by atoms with Crippen LogP contribution >= 0.6 is 0 Å². The zero-order chi connectivity index (χ0) is 19.4. The van der Waals surface area contributed by atoms with E-state index in [2.05, 4.69) is 22.5 Å². The summed E-state index contributed by atoms with van der Waals surface area (Å²) in [6.07, 6.45) is 3.79. The lowest BCUT2D eigenvalue weighted by atomic mass is 10.1. The molecule has 0 saturated heterocycles. The maximum absolute atomic E-state index is 13.7. The second-order valence-corrected chi connectivity index (χ2v) is 6.10. The minimum Gasteiger partial charge on any atom is -0.354 e. The molecule has 2 N–H and O–H groups in total. The molecule has 4 nitrogen and oxygen atoms in total. The van der Waals surface area contributed by atoms with E-state index in [1.807, 2.05) is 25.1 Å². The van der Waals surface area contributed by atoms with Crippen LogP contribution in [0.1, 0.15) is 28.4 Å². The summed E-state index contributed by atoms with van der Waals surface area (Å²) in [5.74, 6) is -2.31. The Hall–Kier alpha value is -3.28. The van der Waals surface area contributed by atoms with Gasteiger partial charge in [-0.2, -0.15) is 0 Å². The number of hydrogen-bond acceptors (Lipinski definition) is 3. The van der Waals surface area contributed by atoms with Gasteiger partial charge in [-0.1, -0.05) is 31.2 Å². The number of hydrogen-bond donors (Lipinski definition) is 2. The molecule has 0 aliphatic heterocycles. The van der Waals surface area contributed by atoms with Gasteiger partial charge in [-0.15, -0.1) is 0 Å². The second-order valence-electron chi connectivity index (χ2n) is 6.10. The largest absolute Gasteiger partial charge is 0.354 e. The number of anilines is 3. The van der Waals surface area contributed by atoms with Gasteiger partial charge in [0.25, 0.3) is 5.91 Å². The molecule has 3 rings (SSSR count). The summed E-state index contributed by atoms with van der Waals surface area (Å²) in [7, 11) is 0. The molecule has 27 heavy (non-hydrogen) atoms. The minimum atomic E-state index is -0.835. The maximum Gasteiger partial charge on any atom is 0.257 e. The number of amides is 1. The third kappa shape index (κ3) is 4.11. The summed E-state index contributed by atoms with van der Waals surface area (Å²) in [4.78, 5) is 16.5. The molecule has 1 heterocycles. The molecule has 6 heteroatoms. The highest BCUT2D eigenvalue weighted by molar-refractivity contribution is 6.04. The van der Waals surface area contributed by atoms with Crippen LogP contribution in [0.3, 0.4) is 0 Å². The number of halogens is 2. The first-order valence-corrected chi connectivity index (χ1v) is 8.55. The van der Waals surface area contributed by atoms with Gasteiger partial charge in [-0.05, 0) is 42.7 Å². The summed E-state index contributed by atoms with van der Waals surface area (Å²) in [5, 5.41) is 5.55. The topological polar surface area (TPSA) is 54.0 Å². The quantitative estimate of drug-likeness (QED) is 0.649. The number of pyridine rings is 1. The van der Waals surface area contributed by atoms with Crippen molar-refractivity contribution in [2.75, 3.05) is 10.6 Å². The lowest BCUT2D eigenvalue weighted by molar-refractivity contribution is 0.102. The molecule has 0 aliphatic carbocycles. The fourth-order valence-corrected chi connectivity index (χ4v) is 2.78. The van der Waals surface area contributed by atoms with Gasteiger partial charge >= 0.3 is 0 Å². The molecule has 138 valence electrons. The molecular formula is C21H19F2N3O. The van der Waals surface area contributed by atoms with Crippen LogP contribution in [0.15, 0.2) is 54.9 Å². The number of benzene rings is 2. The number of aryl methyl sites for hydroxylation is 2. The number of carbonyl (C=O) groups excluding carboxylic acids is 1. The molecule has 0 atom stereocenters. The van der Waals surface area contributed by atoms with Crippen LogP contribution in [0.2, 0.25) is 0 Å². The van der Waals surface area contributed by atoms with Crippen molar-refractivity contribution >= 4 is 23.0 Å². The van der Waals surface area contributed by atoms with Gasteiger partial charge in [0.15, 0.2) is 0 Å². The zero-order valence-corrected chi connectivity index (χ0v) is 15.0. The molecule has 0 fully saturated rings. The number of nitrogens with one attached hydrogen (secondary N) is 2. The predicted octanol–water partition coefficient (Wildman–Crippen LogP) is 5.23. The number of nitrogens with zero attached hydrogens (tertiary/aromatic N) is 1. The van der Waals surface area contributed by atoms with Crippen LogP contribution in [0.25, 0.3) is 0 Å². The normalized spacial score (nSPS) is 10.5. The molecular weight excluding hydrogens is 348 g/mol. The Morgan fingerprint density at radius 1 is 1.04 bits per heavy atom. The first-order chi connectivity index (χ1) is 13.0. The number of carbonyl (C=O) groups is 1. The average molecular weight is 367 g/mol. The van der Waals surface area contributed by atoms with E-state index in [0.29, 0.717) is 5.69 Å². The molecule has 0 saturated carbocycles. The van der Waals surface area contributed by atoms with Crippen molar-refractivity contribution in [2.24, 2.45) is 0 Å². The Balaban J connectivity index is 1.85. The monoisotopic (exact) mass is 367 g/mol. The molecule has 0 spiro atoms. The molecule has 0 aliphatic rings. The van der Waals surface area contributed by atoms with Crippen molar-refractivity contribution < 1.29 is 13.6 Å². The third-order valence-electron chi connectivity index (χ3n) is 4.21. The van der Waals surface area contributed by atoms with Crippen LogP contribution in [-0.2, 0) is 6.42 Å². The minimum absolute atomic E-state index is 0.189. The van der Waals surface area contributed by atoms with Crippen molar-refractivity contribution in [2.45, 2.75) is 20.3 Å². The summed E-state index contributed by atoms with van der Waals surface area (Å²) in [5.41, 5.74) is 3.48. The highest BCUT2D eigenvalue weighted by Gasteiger charge is 2.14. The van der Waals surface area contributed by atoms with Crippen LogP contribution < -0.4 is 10.6 Å². The smallest absolute Gasteiger partial charge is 0.257 e. The summed E-state index contributed by atoms with van der Waals surface area (Å²) < 4.78 is 27.5. The summed E-state index contributed by atoms with van der Waals surface area (Å²) in [6.45, 7) is 4.05. The van der Waals surface area contributed by atoms with Gasteiger partial charge in [0, 0.05) is 11.9 Å². The van der Waals surface area contributed by atoms with Crippen LogP contribution in [-0.4, -0.2) is 10.9 Å². The van der Waals surface area contributed by atoms with Gasteiger partial charge in [0.05, 0.1) is 17.4 Å². The lowest BCUT2D eigenvalue weighted by Gasteiger charge is -2.14. The molecule has 0 unspecified atom stereocenters. The van der Waals surface area contributed by atoms with Crippen LogP contribution in [0.5, 0.6) is 0 Å². The highest BCUT2D eigenvalue weighted by Crippen LogP contribution is 2.26. The Kier molecular flexibility index (Phi) is 5.45. The van der Waals surface area contributed by atoms with Crippen molar-refractivity contribution in [3.8, 4) is 0 Å². The van der Waals surface area contributed by atoms with Crippen molar-refractivity contribution in [1.29, 1.82) is 0 Å². The maximum atomic E-state index is 13.7. The van der Waals surface area contributed by atoms with Gasteiger partial charge in [0.2, 0.25) is 0 Å². The highest BCUT2D eigenvalue weighted by atomic mass is 19.1. The van der Waals surface area contributed by atoms with Gasteiger partial charge in [0.1, 0.15) is 17.3 Å². The van der Waals surface area contributed by atoms with Gasteiger partial charge < -0.3 is 10.6 Å². The van der Waals surface area contributed by atoms with E-state index < -0.39 is 23.2 Å². The number of aromatic nitrogens is 1. The van der Waals surface area contributed by atoms with E-state index >= 15 is 0 Å². The molecule has 1 aromatic heterocycles. The fourth-order valence-electron chi connectivity index (χ4n) is 2.78. The first kappa shape index (κ1) is 18.5. The van der Waals surface area contributed by atoms with Gasteiger partial charge in [-0.3, -0.25) is 9.78 Å². The lowest BCUT2D eigenvalue weighted by Crippen LogP contribution is -2.15. The zero-order valence-electron chi connectivity index (χ0n) is 15.0. The van der Waals surface area contributed by atoms with E-state index in [-0.39, 0.29) is 5.56 Å². The van der Waals surface area contributed by atoms with Gasteiger partial charge in [-0.25, -0.2) is 8.78 Å². The summed E-state index contributed by atoms with van der Waals surface area (Å²) >= 11 is 0. The molecule has 2 aromatic carbocycles. The van der Waals surface area contributed by atoms with E-state index in [9.17, 15) is 13.6 Å². The molecule has 0 radical (unpaired) electrons. The second kappa shape index (κ2) is 7.95. The number of para-hydroxylation sites is 2. The predicted molar refractivity (Wildman–Crippen MR) is 102 cm³/mol. The summed E-state index contributed by atoms with van der Waals surface area (Å²) in [6, 6.07) is 11.0. The molecule has 1 amide bonds. The molecule has 3 aromatic rings. The Labute approximate surface area is 156 Å². The third-order valence-corrected chi connectivity index (χ3v) is 4.21. The number of rotatable bonds is 5. The van der Waals surface area contributed by atoms with Crippen molar-refractivity contribution in [1.82, 2.24) is 4.98 Å². The fraction of sp³-hybridized carbons (Fsp3) is 0.143. The SMILES string of the molecule is CCc1cccc(C)c1Nc1cncc(C(=O)Nc2c(F)cccc2F)c1. The van der Waals surface area contributed by atoms with E-state index in [0.717, 1.165) is 35.4 Å². The Morgan fingerprint density at radius 2 is 1.74 bits per heavy atom. The van der Waals surface area contributed by atoms with Crippen LogP contribution in [0.4, 0.5) is 25.8 Å². The Morgan fingerprint density at radius 3 is 2.44 bits per heavy atom. The van der Waals surface area contributed by atoms with Crippen molar-refractivity contribution in [3.05, 3.63) is 83.2 Å². The van der Waals surface area contributed by atoms with Crippen LogP contribution in [0, 0.1) is 18.6 Å². The van der Waals surface area contributed by atoms with E-state index in [1.165, 1.54) is 12.3 Å².